The Hall–Kier alpha value is -1.46. The van der Waals surface area contributed by atoms with E-state index >= 15 is 0 Å². The minimum atomic E-state index is -0.485. The summed E-state index contributed by atoms with van der Waals surface area (Å²) in [5, 5.41) is 13.7. The number of rotatable bonds is 5. The Labute approximate surface area is 89.5 Å². The Morgan fingerprint density at radius 1 is 1.53 bits per heavy atom. The third kappa shape index (κ3) is 6.59. The van der Waals surface area contributed by atoms with Gasteiger partial charge in [0.05, 0.1) is 6.61 Å². The van der Waals surface area contributed by atoms with Crippen LogP contribution in [0, 0.1) is 11.8 Å². The maximum atomic E-state index is 11.1. The predicted octanol–water partition coefficient (Wildman–Crippen LogP) is 0.751. The van der Waals surface area contributed by atoms with E-state index in [4.69, 9.17) is 15.7 Å². The van der Waals surface area contributed by atoms with Crippen molar-refractivity contribution < 1.29 is 14.7 Å². The fourth-order valence-electron chi connectivity index (χ4n) is 0.733. The minimum absolute atomic E-state index is 0.0826. The van der Waals surface area contributed by atoms with Gasteiger partial charge in [0.2, 0.25) is 0 Å². The van der Waals surface area contributed by atoms with Crippen molar-refractivity contribution in [2.24, 2.45) is 22.7 Å². The maximum absolute atomic E-state index is 11.1. The predicted molar refractivity (Wildman–Crippen MR) is 56.8 cm³/mol. The number of carbonyl (C=O) groups excluding carboxylic acids is 1. The lowest BCUT2D eigenvalue weighted by Crippen LogP contribution is -2.35. The van der Waals surface area contributed by atoms with E-state index < -0.39 is 6.09 Å². The Bertz CT molecular complexity index is 229. The molecule has 0 bridgehead atoms. The first-order chi connectivity index (χ1) is 6.97. The van der Waals surface area contributed by atoms with Gasteiger partial charge in [-0.1, -0.05) is 25.9 Å². The average Bonchev–Trinajstić information content (AvgIpc) is 2.21. The number of oxime groups is 1. The monoisotopic (exact) mass is 217 g/mol. The Kier molecular flexibility index (Phi) is 6.24. The zero-order valence-corrected chi connectivity index (χ0v) is 9.36. The van der Waals surface area contributed by atoms with E-state index in [1.54, 1.807) is 6.92 Å². The maximum Gasteiger partial charge on any atom is 0.407 e. The average molecular weight is 217 g/mol. The Morgan fingerprint density at radius 2 is 2.13 bits per heavy atom. The summed E-state index contributed by atoms with van der Waals surface area (Å²) in [6.45, 7) is 6.30. The van der Waals surface area contributed by atoms with Crippen LogP contribution in [0.1, 0.15) is 20.8 Å². The van der Waals surface area contributed by atoms with Crippen molar-refractivity contribution in [1.82, 2.24) is 5.32 Å². The van der Waals surface area contributed by atoms with Gasteiger partial charge in [0.15, 0.2) is 0 Å². The van der Waals surface area contributed by atoms with Crippen molar-refractivity contribution in [1.29, 1.82) is 0 Å². The topological polar surface area (TPSA) is 96.9 Å². The molecular weight excluding hydrogens is 198 g/mol. The minimum Gasteiger partial charge on any atom is -0.449 e. The second-order valence-electron chi connectivity index (χ2n) is 3.80. The van der Waals surface area contributed by atoms with Gasteiger partial charge in [0.25, 0.3) is 0 Å². The molecule has 4 N–H and O–H groups in total. The standard InChI is InChI=1S/C9H19N3O3/c1-6(2)5-15-9(13)11-4-7(3)8(10)12-14/h6-7,14H,4-5H2,1-3H3,(H2,10,12)(H,11,13). The summed E-state index contributed by atoms with van der Waals surface area (Å²) in [4.78, 5) is 11.1. The highest BCUT2D eigenvalue weighted by molar-refractivity contribution is 5.82. The number of ether oxygens (including phenoxy) is 1. The number of nitrogens with zero attached hydrogens (tertiary/aromatic N) is 1. The zero-order valence-electron chi connectivity index (χ0n) is 9.36. The van der Waals surface area contributed by atoms with Crippen LogP contribution in [-0.4, -0.2) is 30.3 Å². The molecule has 0 saturated carbocycles. The fourth-order valence-corrected chi connectivity index (χ4v) is 0.733. The van der Waals surface area contributed by atoms with Crippen molar-refractivity contribution >= 4 is 11.9 Å². The van der Waals surface area contributed by atoms with Crippen LogP contribution in [0.4, 0.5) is 4.79 Å². The molecule has 0 radical (unpaired) electrons. The SMILES string of the molecule is CC(C)COC(=O)NCC(C)C(N)=NO. The summed E-state index contributed by atoms with van der Waals surface area (Å²) >= 11 is 0. The van der Waals surface area contributed by atoms with Crippen molar-refractivity contribution in [2.75, 3.05) is 13.2 Å². The molecule has 0 aromatic heterocycles. The number of nitrogens with one attached hydrogen (secondary N) is 1. The van der Waals surface area contributed by atoms with Crippen LogP contribution in [0.25, 0.3) is 0 Å². The highest BCUT2D eigenvalue weighted by Crippen LogP contribution is 1.95. The summed E-state index contributed by atoms with van der Waals surface area (Å²) in [6.07, 6.45) is -0.485. The molecule has 0 aromatic rings. The lowest BCUT2D eigenvalue weighted by atomic mass is 10.1. The van der Waals surface area contributed by atoms with Crippen LogP contribution in [0.2, 0.25) is 0 Å². The van der Waals surface area contributed by atoms with Crippen LogP contribution < -0.4 is 11.1 Å². The second kappa shape index (κ2) is 6.92. The third-order valence-electron chi connectivity index (χ3n) is 1.72. The molecular formula is C9H19N3O3. The Balaban J connectivity index is 3.71. The van der Waals surface area contributed by atoms with E-state index in [2.05, 4.69) is 10.5 Å². The molecule has 0 aliphatic carbocycles. The van der Waals surface area contributed by atoms with Crippen LogP contribution in [-0.2, 0) is 4.74 Å². The molecule has 88 valence electrons. The normalized spacial score (nSPS) is 13.7. The van der Waals surface area contributed by atoms with Gasteiger partial charge < -0.3 is 21.0 Å². The van der Waals surface area contributed by atoms with Crippen molar-refractivity contribution in [3.63, 3.8) is 0 Å². The van der Waals surface area contributed by atoms with Crippen LogP contribution in [0.3, 0.4) is 0 Å². The molecule has 0 spiro atoms. The number of hydrogen-bond donors (Lipinski definition) is 3. The first-order valence-corrected chi connectivity index (χ1v) is 4.85. The quantitative estimate of drug-likeness (QED) is 0.274. The molecule has 0 aromatic carbocycles. The molecule has 1 unspecified atom stereocenters. The smallest absolute Gasteiger partial charge is 0.407 e. The van der Waals surface area contributed by atoms with Crippen LogP contribution in [0.5, 0.6) is 0 Å². The first-order valence-electron chi connectivity index (χ1n) is 4.85. The van der Waals surface area contributed by atoms with Gasteiger partial charge in [-0.3, -0.25) is 0 Å². The number of nitrogens with two attached hydrogens (primary N) is 1. The van der Waals surface area contributed by atoms with Gasteiger partial charge in [0.1, 0.15) is 5.84 Å². The van der Waals surface area contributed by atoms with Crippen LogP contribution >= 0.6 is 0 Å². The van der Waals surface area contributed by atoms with Gasteiger partial charge in [-0.15, -0.1) is 0 Å². The summed E-state index contributed by atoms with van der Waals surface area (Å²) in [5.41, 5.74) is 5.33. The fraction of sp³-hybridized carbons (Fsp3) is 0.778. The zero-order chi connectivity index (χ0) is 11.8. The number of amidine groups is 1. The molecule has 0 aliphatic heterocycles. The molecule has 6 heteroatoms. The summed E-state index contributed by atoms with van der Waals surface area (Å²) in [7, 11) is 0. The highest BCUT2D eigenvalue weighted by Gasteiger charge is 2.10. The van der Waals surface area contributed by atoms with Gasteiger partial charge in [0, 0.05) is 12.5 Å². The van der Waals surface area contributed by atoms with Crippen molar-refractivity contribution in [3.8, 4) is 0 Å². The molecule has 0 fully saturated rings. The molecule has 1 atom stereocenters. The molecule has 6 nitrogen and oxygen atoms in total. The summed E-state index contributed by atoms with van der Waals surface area (Å²) < 4.78 is 4.87. The number of hydrogen-bond acceptors (Lipinski definition) is 4. The van der Waals surface area contributed by atoms with E-state index in [9.17, 15) is 4.79 Å². The van der Waals surface area contributed by atoms with Gasteiger partial charge >= 0.3 is 6.09 Å². The highest BCUT2D eigenvalue weighted by atomic mass is 16.5. The lowest BCUT2D eigenvalue weighted by molar-refractivity contribution is 0.132. The second-order valence-corrected chi connectivity index (χ2v) is 3.80. The van der Waals surface area contributed by atoms with Gasteiger partial charge in [-0.25, -0.2) is 4.79 Å². The number of carbonyl (C=O) groups is 1. The van der Waals surface area contributed by atoms with Crippen molar-refractivity contribution in [3.05, 3.63) is 0 Å². The Morgan fingerprint density at radius 3 is 2.60 bits per heavy atom. The molecule has 0 rings (SSSR count). The van der Waals surface area contributed by atoms with E-state index in [1.807, 2.05) is 13.8 Å². The number of alkyl carbamates (subject to hydrolysis) is 1. The molecule has 0 heterocycles. The third-order valence-corrected chi connectivity index (χ3v) is 1.72. The molecule has 0 aliphatic rings. The summed E-state index contributed by atoms with van der Waals surface area (Å²) in [6, 6.07) is 0. The summed E-state index contributed by atoms with van der Waals surface area (Å²) in [5.74, 6) is 0.165. The molecule has 0 saturated heterocycles. The van der Waals surface area contributed by atoms with Gasteiger partial charge in [-0.05, 0) is 5.92 Å². The molecule has 15 heavy (non-hydrogen) atoms. The van der Waals surface area contributed by atoms with E-state index in [0.717, 1.165) is 0 Å². The van der Waals surface area contributed by atoms with E-state index in [1.165, 1.54) is 0 Å². The lowest BCUT2D eigenvalue weighted by Gasteiger charge is -2.12. The van der Waals surface area contributed by atoms with Crippen molar-refractivity contribution in [2.45, 2.75) is 20.8 Å². The first kappa shape index (κ1) is 13.5. The largest absolute Gasteiger partial charge is 0.449 e. The van der Waals surface area contributed by atoms with Crippen LogP contribution in [0.15, 0.2) is 5.16 Å². The van der Waals surface area contributed by atoms with E-state index in [-0.39, 0.29) is 18.3 Å². The van der Waals surface area contributed by atoms with Gasteiger partial charge in [-0.2, -0.15) is 0 Å². The number of amides is 1. The molecule has 1 amide bonds. The van der Waals surface area contributed by atoms with E-state index in [0.29, 0.717) is 12.5 Å².